The van der Waals surface area contributed by atoms with E-state index in [0.29, 0.717) is 5.69 Å². The standard InChI is InChI=1S/C13H18FNO/c1-13(2)12(16)8-5-9-15(13)11-7-4-3-6-10(11)14/h3-4,6-7,12,16H,5,8-9H2,1-2H3. The van der Waals surface area contributed by atoms with Gasteiger partial charge in [-0.1, -0.05) is 12.1 Å². The lowest BCUT2D eigenvalue weighted by Gasteiger charge is -2.47. The SMILES string of the molecule is CC1(C)C(O)CCCN1c1ccccc1F. The number of anilines is 1. The molecule has 0 aliphatic carbocycles. The first-order valence-corrected chi connectivity index (χ1v) is 5.73. The van der Waals surface area contributed by atoms with E-state index in [1.165, 1.54) is 6.07 Å². The van der Waals surface area contributed by atoms with Crippen LogP contribution in [0, 0.1) is 5.82 Å². The van der Waals surface area contributed by atoms with Crippen molar-refractivity contribution in [2.75, 3.05) is 11.4 Å². The molecule has 2 nitrogen and oxygen atoms in total. The Hall–Kier alpha value is -1.09. The summed E-state index contributed by atoms with van der Waals surface area (Å²) in [5.41, 5.74) is 0.187. The minimum atomic E-state index is -0.402. The van der Waals surface area contributed by atoms with Crippen LogP contribution >= 0.6 is 0 Å². The fraction of sp³-hybridized carbons (Fsp3) is 0.538. The highest BCUT2D eigenvalue weighted by Crippen LogP contribution is 2.33. The van der Waals surface area contributed by atoms with Crippen molar-refractivity contribution in [3.05, 3.63) is 30.1 Å². The molecule has 0 spiro atoms. The number of benzene rings is 1. The third kappa shape index (κ3) is 1.80. The Morgan fingerprint density at radius 1 is 1.38 bits per heavy atom. The summed E-state index contributed by atoms with van der Waals surface area (Å²) in [7, 11) is 0. The maximum absolute atomic E-state index is 13.7. The van der Waals surface area contributed by atoms with Crippen LogP contribution in [0.25, 0.3) is 0 Å². The second-order valence-corrected chi connectivity index (χ2v) is 4.91. The van der Waals surface area contributed by atoms with Gasteiger partial charge in [-0.2, -0.15) is 0 Å². The molecule has 1 heterocycles. The molecule has 0 saturated carbocycles. The van der Waals surface area contributed by atoms with E-state index in [1.807, 2.05) is 24.8 Å². The number of hydrogen-bond donors (Lipinski definition) is 1. The molecule has 0 radical (unpaired) electrons. The molecule has 16 heavy (non-hydrogen) atoms. The summed E-state index contributed by atoms with van der Waals surface area (Å²) in [6, 6.07) is 6.75. The second-order valence-electron chi connectivity index (χ2n) is 4.91. The van der Waals surface area contributed by atoms with Gasteiger partial charge in [-0.15, -0.1) is 0 Å². The predicted octanol–water partition coefficient (Wildman–Crippen LogP) is 2.57. The lowest BCUT2D eigenvalue weighted by Crippen LogP contribution is -2.56. The monoisotopic (exact) mass is 223 g/mol. The largest absolute Gasteiger partial charge is 0.391 e. The molecule has 88 valence electrons. The molecule has 2 rings (SSSR count). The van der Waals surface area contributed by atoms with Gasteiger partial charge in [-0.05, 0) is 38.8 Å². The van der Waals surface area contributed by atoms with E-state index in [4.69, 9.17) is 0 Å². The number of hydrogen-bond acceptors (Lipinski definition) is 2. The van der Waals surface area contributed by atoms with Gasteiger partial charge in [0.05, 0.1) is 17.3 Å². The van der Waals surface area contributed by atoms with Gasteiger partial charge in [0, 0.05) is 6.54 Å². The Morgan fingerprint density at radius 2 is 2.06 bits per heavy atom. The Kier molecular flexibility index (Phi) is 2.89. The number of piperidine rings is 1. The average Bonchev–Trinajstić information content (AvgIpc) is 2.24. The van der Waals surface area contributed by atoms with Crippen molar-refractivity contribution in [3.63, 3.8) is 0 Å². The number of aliphatic hydroxyl groups is 1. The molecular formula is C13H18FNO. The van der Waals surface area contributed by atoms with E-state index in [0.717, 1.165) is 19.4 Å². The van der Waals surface area contributed by atoms with Crippen molar-refractivity contribution in [2.24, 2.45) is 0 Å². The van der Waals surface area contributed by atoms with Gasteiger partial charge in [0.25, 0.3) is 0 Å². The van der Waals surface area contributed by atoms with E-state index in [1.54, 1.807) is 12.1 Å². The van der Waals surface area contributed by atoms with Crippen molar-refractivity contribution in [1.29, 1.82) is 0 Å². The van der Waals surface area contributed by atoms with Crippen molar-refractivity contribution >= 4 is 5.69 Å². The van der Waals surface area contributed by atoms with Crippen LogP contribution in [0.3, 0.4) is 0 Å². The number of para-hydroxylation sites is 1. The van der Waals surface area contributed by atoms with E-state index in [9.17, 15) is 9.50 Å². The molecule has 0 bridgehead atoms. The zero-order valence-corrected chi connectivity index (χ0v) is 9.78. The van der Waals surface area contributed by atoms with E-state index < -0.39 is 11.6 Å². The first kappa shape index (κ1) is 11.4. The highest BCUT2D eigenvalue weighted by Gasteiger charge is 2.38. The molecule has 1 atom stereocenters. The third-order valence-electron chi connectivity index (χ3n) is 3.51. The predicted molar refractivity (Wildman–Crippen MR) is 63.1 cm³/mol. The molecule has 1 aliphatic heterocycles. The van der Waals surface area contributed by atoms with Gasteiger partial charge in [0.2, 0.25) is 0 Å². The summed E-state index contributed by atoms with van der Waals surface area (Å²) in [6.07, 6.45) is 1.29. The number of halogens is 1. The molecule has 1 aromatic rings. The van der Waals surface area contributed by atoms with E-state index in [-0.39, 0.29) is 5.82 Å². The van der Waals surface area contributed by atoms with Crippen molar-refractivity contribution in [3.8, 4) is 0 Å². The summed E-state index contributed by atoms with van der Waals surface area (Å²) in [5.74, 6) is -0.218. The fourth-order valence-corrected chi connectivity index (χ4v) is 2.37. The maximum Gasteiger partial charge on any atom is 0.146 e. The fourth-order valence-electron chi connectivity index (χ4n) is 2.37. The minimum Gasteiger partial charge on any atom is -0.391 e. The molecule has 0 amide bonds. The Morgan fingerprint density at radius 3 is 2.75 bits per heavy atom. The summed E-state index contributed by atoms with van der Waals surface area (Å²) in [6.45, 7) is 4.72. The molecule has 1 saturated heterocycles. The normalized spacial score (nSPS) is 24.5. The van der Waals surface area contributed by atoms with Crippen molar-refractivity contribution in [1.82, 2.24) is 0 Å². The van der Waals surface area contributed by atoms with Crippen molar-refractivity contribution in [2.45, 2.75) is 38.3 Å². The highest BCUT2D eigenvalue weighted by molar-refractivity contribution is 5.50. The van der Waals surface area contributed by atoms with Gasteiger partial charge >= 0.3 is 0 Å². The third-order valence-corrected chi connectivity index (χ3v) is 3.51. The molecule has 1 N–H and O–H groups in total. The van der Waals surface area contributed by atoms with Crippen LogP contribution in [-0.4, -0.2) is 23.3 Å². The molecule has 0 aromatic heterocycles. The smallest absolute Gasteiger partial charge is 0.146 e. The first-order chi connectivity index (χ1) is 7.53. The van der Waals surface area contributed by atoms with Crippen LogP contribution in [0.15, 0.2) is 24.3 Å². The molecule has 1 fully saturated rings. The van der Waals surface area contributed by atoms with Crippen LogP contribution in [0.2, 0.25) is 0 Å². The van der Waals surface area contributed by atoms with E-state index >= 15 is 0 Å². The average molecular weight is 223 g/mol. The Balaban J connectivity index is 2.36. The molecular weight excluding hydrogens is 205 g/mol. The quantitative estimate of drug-likeness (QED) is 0.791. The summed E-state index contributed by atoms with van der Waals surface area (Å²) in [5, 5.41) is 10.00. The zero-order chi connectivity index (χ0) is 11.8. The summed E-state index contributed by atoms with van der Waals surface area (Å²) in [4.78, 5) is 1.97. The van der Waals surface area contributed by atoms with Gasteiger partial charge in [0.15, 0.2) is 0 Å². The number of aliphatic hydroxyl groups excluding tert-OH is 1. The maximum atomic E-state index is 13.7. The van der Waals surface area contributed by atoms with Crippen LogP contribution in [0.1, 0.15) is 26.7 Å². The number of rotatable bonds is 1. The molecule has 1 aromatic carbocycles. The Labute approximate surface area is 95.7 Å². The molecule has 1 unspecified atom stereocenters. The highest BCUT2D eigenvalue weighted by atomic mass is 19.1. The summed E-state index contributed by atoms with van der Waals surface area (Å²) < 4.78 is 13.7. The second kappa shape index (κ2) is 4.06. The van der Waals surface area contributed by atoms with Gasteiger partial charge in [0.1, 0.15) is 5.82 Å². The van der Waals surface area contributed by atoms with Crippen LogP contribution in [0.4, 0.5) is 10.1 Å². The van der Waals surface area contributed by atoms with Crippen LogP contribution in [-0.2, 0) is 0 Å². The number of nitrogens with zero attached hydrogens (tertiary/aromatic N) is 1. The lowest BCUT2D eigenvalue weighted by molar-refractivity contribution is 0.0707. The van der Waals surface area contributed by atoms with Crippen LogP contribution in [0.5, 0.6) is 0 Å². The first-order valence-electron chi connectivity index (χ1n) is 5.73. The van der Waals surface area contributed by atoms with Crippen LogP contribution < -0.4 is 4.90 Å². The summed E-state index contributed by atoms with van der Waals surface area (Å²) >= 11 is 0. The molecule has 1 aliphatic rings. The lowest BCUT2D eigenvalue weighted by atomic mass is 9.86. The van der Waals surface area contributed by atoms with E-state index in [2.05, 4.69) is 0 Å². The van der Waals surface area contributed by atoms with Crippen molar-refractivity contribution < 1.29 is 9.50 Å². The molecule has 3 heteroatoms. The van der Waals surface area contributed by atoms with Gasteiger partial charge in [-0.3, -0.25) is 0 Å². The topological polar surface area (TPSA) is 23.5 Å². The van der Waals surface area contributed by atoms with Gasteiger partial charge in [-0.25, -0.2) is 4.39 Å². The Bertz CT molecular complexity index is 378. The zero-order valence-electron chi connectivity index (χ0n) is 9.78. The minimum absolute atomic E-state index is 0.218. The van der Waals surface area contributed by atoms with Gasteiger partial charge < -0.3 is 10.0 Å².